The van der Waals surface area contributed by atoms with E-state index in [1.807, 2.05) is 0 Å². The third kappa shape index (κ3) is 7.07. The van der Waals surface area contributed by atoms with Crippen molar-refractivity contribution in [2.24, 2.45) is 5.92 Å². The Morgan fingerprint density at radius 3 is 2.24 bits per heavy atom. The van der Waals surface area contributed by atoms with Crippen molar-refractivity contribution in [2.75, 3.05) is 6.54 Å². The van der Waals surface area contributed by atoms with Gasteiger partial charge in [0.1, 0.15) is 0 Å². The summed E-state index contributed by atoms with van der Waals surface area (Å²) in [6.45, 7) is 4.84. The Labute approximate surface area is 128 Å². The Morgan fingerprint density at radius 1 is 1.05 bits per heavy atom. The minimum atomic E-state index is -3.42. The van der Waals surface area contributed by atoms with Crippen LogP contribution in [0.4, 0.5) is 0 Å². The van der Waals surface area contributed by atoms with E-state index >= 15 is 0 Å². The molecular weight excluding hydrogens is 286 g/mol. The molecule has 4 nitrogen and oxygen atoms in total. The second-order valence-corrected chi connectivity index (χ2v) is 7.56. The van der Waals surface area contributed by atoms with Crippen molar-refractivity contribution in [3.63, 3.8) is 0 Å². The SMILES string of the molecule is CC(C)CCCCCCNS(=O)(=O)c1ccc(CO)cc1. The van der Waals surface area contributed by atoms with E-state index in [9.17, 15) is 8.42 Å². The van der Waals surface area contributed by atoms with E-state index in [0.29, 0.717) is 12.1 Å². The minimum absolute atomic E-state index is 0.0792. The number of hydrogen-bond donors (Lipinski definition) is 2. The highest BCUT2D eigenvalue weighted by Gasteiger charge is 2.12. The van der Waals surface area contributed by atoms with Gasteiger partial charge in [-0.2, -0.15) is 0 Å². The second-order valence-electron chi connectivity index (χ2n) is 5.80. The number of rotatable bonds is 10. The maximum atomic E-state index is 12.0. The molecule has 0 heterocycles. The summed E-state index contributed by atoms with van der Waals surface area (Å²) in [5, 5.41) is 8.94. The normalized spacial score (nSPS) is 12.0. The molecule has 0 bridgehead atoms. The maximum Gasteiger partial charge on any atom is 0.240 e. The summed E-state index contributed by atoms with van der Waals surface area (Å²) in [4.78, 5) is 0.250. The summed E-state index contributed by atoms with van der Waals surface area (Å²) in [6, 6.07) is 6.30. The van der Waals surface area contributed by atoms with Crippen LogP contribution in [0.25, 0.3) is 0 Å². The molecule has 0 aliphatic carbocycles. The summed E-state index contributed by atoms with van der Waals surface area (Å²) in [6.07, 6.45) is 5.53. The molecule has 1 rings (SSSR count). The van der Waals surface area contributed by atoms with Gasteiger partial charge in [-0.25, -0.2) is 13.1 Å². The largest absolute Gasteiger partial charge is 0.392 e. The summed E-state index contributed by atoms with van der Waals surface area (Å²) in [7, 11) is -3.42. The van der Waals surface area contributed by atoms with Gasteiger partial charge in [-0.05, 0) is 30.0 Å². The van der Waals surface area contributed by atoms with Gasteiger partial charge in [0.25, 0.3) is 0 Å². The van der Waals surface area contributed by atoms with Crippen LogP contribution in [0, 0.1) is 5.92 Å². The van der Waals surface area contributed by atoms with E-state index in [1.165, 1.54) is 25.0 Å². The molecule has 0 radical (unpaired) electrons. The van der Waals surface area contributed by atoms with Gasteiger partial charge < -0.3 is 5.11 Å². The molecule has 1 aromatic rings. The lowest BCUT2D eigenvalue weighted by atomic mass is 10.0. The predicted molar refractivity (Wildman–Crippen MR) is 85.5 cm³/mol. The fourth-order valence-corrected chi connectivity index (χ4v) is 3.17. The van der Waals surface area contributed by atoms with Crippen LogP contribution < -0.4 is 4.72 Å². The average Bonchev–Trinajstić information content (AvgIpc) is 2.46. The third-order valence-corrected chi connectivity index (χ3v) is 4.89. The fourth-order valence-electron chi connectivity index (χ4n) is 2.10. The molecule has 5 heteroatoms. The van der Waals surface area contributed by atoms with Crippen LogP contribution in [0.5, 0.6) is 0 Å². The van der Waals surface area contributed by atoms with Gasteiger partial charge in [-0.3, -0.25) is 0 Å². The molecule has 1 aromatic carbocycles. The van der Waals surface area contributed by atoms with Crippen molar-refractivity contribution in [3.05, 3.63) is 29.8 Å². The zero-order chi connectivity index (χ0) is 15.7. The van der Waals surface area contributed by atoms with Crippen LogP contribution in [-0.4, -0.2) is 20.1 Å². The number of benzene rings is 1. The molecule has 0 aromatic heterocycles. The molecule has 120 valence electrons. The lowest BCUT2D eigenvalue weighted by Crippen LogP contribution is -2.24. The van der Waals surface area contributed by atoms with Crippen LogP contribution in [0.1, 0.15) is 51.5 Å². The number of nitrogens with one attached hydrogen (secondary N) is 1. The molecule has 0 spiro atoms. The van der Waals surface area contributed by atoms with Gasteiger partial charge in [0.2, 0.25) is 10.0 Å². The molecule has 2 N–H and O–H groups in total. The van der Waals surface area contributed by atoms with Gasteiger partial charge >= 0.3 is 0 Å². The van der Waals surface area contributed by atoms with Crippen LogP contribution in [0.3, 0.4) is 0 Å². The van der Waals surface area contributed by atoms with Gasteiger partial charge in [-0.1, -0.05) is 51.7 Å². The quantitative estimate of drug-likeness (QED) is 0.652. The number of hydrogen-bond acceptors (Lipinski definition) is 3. The van der Waals surface area contributed by atoms with Gasteiger partial charge in [-0.15, -0.1) is 0 Å². The van der Waals surface area contributed by atoms with Crippen molar-refractivity contribution in [1.82, 2.24) is 4.72 Å². The monoisotopic (exact) mass is 313 g/mol. The summed E-state index contributed by atoms with van der Waals surface area (Å²) in [5.74, 6) is 0.741. The summed E-state index contributed by atoms with van der Waals surface area (Å²) < 4.78 is 26.7. The van der Waals surface area contributed by atoms with E-state index in [0.717, 1.165) is 25.2 Å². The lowest BCUT2D eigenvalue weighted by molar-refractivity contribution is 0.282. The van der Waals surface area contributed by atoms with Gasteiger partial charge in [0.15, 0.2) is 0 Å². The van der Waals surface area contributed by atoms with Crippen molar-refractivity contribution >= 4 is 10.0 Å². The number of unbranched alkanes of at least 4 members (excludes halogenated alkanes) is 3. The molecule has 0 saturated heterocycles. The first-order valence-corrected chi connectivity index (χ1v) is 9.13. The minimum Gasteiger partial charge on any atom is -0.392 e. The molecule has 0 aliphatic rings. The number of aliphatic hydroxyl groups is 1. The van der Waals surface area contributed by atoms with Crippen molar-refractivity contribution in [3.8, 4) is 0 Å². The average molecular weight is 313 g/mol. The first kappa shape index (κ1) is 18.1. The molecule has 0 aliphatic heterocycles. The van der Waals surface area contributed by atoms with E-state index in [2.05, 4.69) is 18.6 Å². The Kier molecular flexibility index (Phi) is 7.93. The van der Waals surface area contributed by atoms with E-state index in [4.69, 9.17) is 5.11 Å². The second kappa shape index (κ2) is 9.18. The number of aliphatic hydroxyl groups excluding tert-OH is 1. The highest BCUT2D eigenvalue weighted by molar-refractivity contribution is 7.89. The molecule has 21 heavy (non-hydrogen) atoms. The number of sulfonamides is 1. The molecule has 0 saturated carbocycles. The molecule has 0 fully saturated rings. The molecule has 0 atom stereocenters. The van der Waals surface area contributed by atoms with Crippen LogP contribution in [0.15, 0.2) is 29.2 Å². The fraction of sp³-hybridized carbons (Fsp3) is 0.625. The Bertz CT molecular complexity index is 495. The first-order valence-electron chi connectivity index (χ1n) is 7.65. The standard InChI is InChI=1S/C16H27NO3S/c1-14(2)7-5-3-4-6-12-17-21(19,20)16-10-8-15(13-18)9-11-16/h8-11,14,17-18H,3-7,12-13H2,1-2H3. The van der Waals surface area contributed by atoms with E-state index < -0.39 is 10.0 Å². The summed E-state index contributed by atoms with van der Waals surface area (Å²) in [5.41, 5.74) is 0.708. The highest BCUT2D eigenvalue weighted by Crippen LogP contribution is 2.12. The Hall–Kier alpha value is -0.910. The van der Waals surface area contributed by atoms with Crippen molar-refractivity contribution < 1.29 is 13.5 Å². The van der Waals surface area contributed by atoms with Gasteiger partial charge in [0, 0.05) is 6.54 Å². The molecule has 0 unspecified atom stereocenters. The first-order chi connectivity index (χ1) is 9.95. The topological polar surface area (TPSA) is 66.4 Å². The zero-order valence-electron chi connectivity index (χ0n) is 13.0. The third-order valence-electron chi connectivity index (χ3n) is 3.42. The Balaban J connectivity index is 2.29. The van der Waals surface area contributed by atoms with Crippen LogP contribution in [0.2, 0.25) is 0 Å². The highest BCUT2D eigenvalue weighted by atomic mass is 32.2. The van der Waals surface area contributed by atoms with Crippen LogP contribution in [-0.2, 0) is 16.6 Å². The van der Waals surface area contributed by atoms with E-state index in [-0.39, 0.29) is 11.5 Å². The molecular formula is C16H27NO3S. The molecule has 0 amide bonds. The lowest BCUT2D eigenvalue weighted by Gasteiger charge is -2.08. The van der Waals surface area contributed by atoms with Crippen LogP contribution >= 0.6 is 0 Å². The Morgan fingerprint density at radius 2 is 1.67 bits per heavy atom. The smallest absolute Gasteiger partial charge is 0.240 e. The van der Waals surface area contributed by atoms with Crippen molar-refractivity contribution in [1.29, 1.82) is 0 Å². The zero-order valence-corrected chi connectivity index (χ0v) is 13.8. The van der Waals surface area contributed by atoms with Gasteiger partial charge in [0.05, 0.1) is 11.5 Å². The van der Waals surface area contributed by atoms with Crippen molar-refractivity contribution in [2.45, 2.75) is 57.5 Å². The predicted octanol–water partition coefficient (Wildman–Crippen LogP) is 3.06. The summed E-state index contributed by atoms with van der Waals surface area (Å²) >= 11 is 0. The van der Waals surface area contributed by atoms with E-state index in [1.54, 1.807) is 12.1 Å². The maximum absolute atomic E-state index is 12.0.